The second kappa shape index (κ2) is 5.02. The summed E-state index contributed by atoms with van der Waals surface area (Å²) in [6.07, 6.45) is 4.96. The number of piperidine rings is 1. The first kappa shape index (κ1) is 14.1. The number of rotatable bonds is 2. The van der Waals surface area contributed by atoms with Gasteiger partial charge in [0.15, 0.2) is 0 Å². The van der Waals surface area contributed by atoms with Crippen LogP contribution in [-0.2, 0) is 0 Å². The lowest BCUT2D eigenvalue weighted by atomic mass is 9.92. The van der Waals surface area contributed by atoms with Crippen molar-refractivity contribution in [3.8, 4) is 11.8 Å². The number of aromatic nitrogens is 1. The van der Waals surface area contributed by atoms with Crippen molar-refractivity contribution in [2.75, 3.05) is 25.1 Å². The summed E-state index contributed by atoms with van der Waals surface area (Å²) >= 11 is 0. The smallest absolute Gasteiger partial charge is 0.268 e. The molecule has 0 bridgehead atoms. The van der Waals surface area contributed by atoms with Crippen molar-refractivity contribution in [1.82, 2.24) is 4.98 Å². The van der Waals surface area contributed by atoms with Gasteiger partial charge in [0.05, 0.1) is 18.3 Å². The Kier molecular flexibility index (Phi) is 3.08. The van der Waals surface area contributed by atoms with E-state index in [0.717, 1.165) is 48.3 Å². The van der Waals surface area contributed by atoms with Gasteiger partial charge in [0.2, 0.25) is 0 Å². The number of hydrogen-bond acceptors (Lipinski definition) is 4. The molecule has 2 aliphatic rings. The lowest BCUT2D eigenvalue weighted by Crippen LogP contribution is -2.36. The summed E-state index contributed by atoms with van der Waals surface area (Å²) < 4.78 is 5.32. The summed E-state index contributed by atoms with van der Waals surface area (Å²) in [5.41, 5.74) is 1.96. The summed E-state index contributed by atoms with van der Waals surface area (Å²) in [7, 11) is 1.62. The van der Waals surface area contributed by atoms with E-state index in [1.165, 1.54) is 12.8 Å². The highest BCUT2D eigenvalue weighted by Crippen LogP contribution is 2.54. The summed E-state index contributed by atoms with van der Waals surface area (Å²) in [6, 6.07) is 7.67. The molecule has 2 heterocycles. The fraction of sp³-hybridized carbons (Fsp3) is 0.444. The minimum absolute atomic E-state index is 0.206. The number of anilines is 1. The Balaban J connectivity index is 1.88. The van der Waals surface area contributed by atoms with Gasteiger partial charge in [-0.2, -0.15) is 5.26 Å². The van der Waals surface area contributed by atoms with Gasteiger partial charge in [-0.1, -0.05) is 0 Å². The first-order valence-electron chi connectivity index (χ1n) is 8.05. The normalized spacial score (nSPS) is 18.9. The van der Waals surface area contributed by atoms with Crippen LogP contribution in [0.25, 0.3) is 10.9 Å². The van der Waals surface area contributed by atoms with Gasteiger partial charge in [-0.25, -0.2) is 0 Å². The first-order chi connectivity index (χ1) is 11.2. The van der Waals surface area contributed by atoms with E-state index in [-0.39, 0.29) is 11.1 Å². The molecule has 118 valence electrons. The molecule has 1 spiro atoms. The van der Waals surface area contributed by atoms with Gasteiger partial charge in [-0.05, 0) is 49.3 Å². The highest BCUT2D eigenvalue weighted by Gasteiger charge is 2.44. The van der Waals surface area contributed by atoms with Gasteiger partial charge in [-0.3, -0.25) is 4.79 Å². The van der Waals surface area contributed by atoms with E-state index in [2.05, 4.69) is 16.0 Å². The molecule has 4 rings (SSSR count). The van der Waals surface area contributed by atoms with Crippen molar-refractivity contribution in [2.24, 2.45) is 5.41 Å². The van der Waals surface area contributed by atoms with Crippen LogP contribution in [0.3, 0.4) is 0 Å². The van der Waals surface area contributed by atoms with Crippen molar-refractivity contribution in [1.29, 1.82) is 5.26 Å². The minimum atomic E-state index is -0.313. The van der Waals surface area contributed by atoms with Crippen molar-refractivity contribution in [3.05, 3.63) is 34.1 Å². The highest BCUT2D eigenvalue weighted by atomic mass is 16.5. The van der Waals surface area contributed by atoms with E-state index in [9.17, 15) is 10.1 Å². The molecule has 1 aromatic heterocycles. The molecule has 0 unspecified atom stereocenters. The van der Waals surface area contributed by atoms with Crippen LogP contribution in [0.5, 0.6) is 5.75 Å². The van der Waals surface area contributed by atoms with Crippen molar-refractivity contribution in [3.63, 3.8) is 0 Å². The molecule has 1 saturated carbocycles. The first-order valence-corrected chi connectivity index (χ1v) is 8.05. The molecule has 0 atom stereocenters. The molecule has 1 N–H and O–H groups in total. The maximum atomic E-state index is 12.3. The highest BCUT2D eigenvalue weighted by molar-refractivity contribution is 5.95. The van der Waals surface area contributed by atoms with Crippen LogP contribution in [0.2, 0.25) is 0 Å². The Labute approximate surface area is 134 Å². The number of fused-ring (bicyclic) bond motifs is 1. The summed E-state index contributed by atoms with van der Waals surface area (Å²) in [5.74, 6) is 0.727. The molecule has 0 amide bonds. The number of nitrogens with zero attached hydrogens (tertiary/aromatic N) is 2. The third-order valence-corrected chi connectivity index (χ3v) is 5.40. The predicted octanol–water partition coefficient (Wildman–Crippen LogP) is 2.79. The monoisotopic (exact) mass is 309 g/mol. The third kappa shape index (κ3) is 2.26. The van der Waals surface area contributed by atoms with Gasteiger partial charge in [-0.15, -0.1) is 0 Å². The summed E-state index contributed by atoms with van der Waals surface area (Å²) in [6.45, 7) is 1.81. The molecule has 1 saturated heterocycles. The van der Waals surface area contributed by atoms with Crippen LogP contribution >= 0.6 is 0 Å². The number of nitriles is 1. The number of benzene rings is 1. The maximum absolute atomic E-state index is 12.3. The maximum Gasteiger partial charge on any atom is 0.268 e. The van der Waals surface area contributed by atoms with Gasteiger partial charge in [0.1, 0.15) is 17.4 Å². The van der Waals surface area contributed by atoms with E-state index in [4.69, 9.17) is 4.74 Å². The van der Waals surface area contributed by atoms with E-state index in [1.807, 2.05) is 18.2 Å². The number of ether oxygens (including phenoxy) is 1. The van der Waals surface area contributed by atoms with Crippen LogP contribution in [0, 0.1) is 16.7 Å². The Morgan fingerprint density at radius 1 is 1.26 bits per heavy atom. The van der Waals surface area contributed by atoms with Crippen LogP contribution in [0.15, 0.2) is 23.0 Å². The summed E-state index contributed by atoms with van der Waals surface area (Å²) in [4.78, 5) is 17.3. The molecule has 5 heteroatoms. The lowest BCUT2D eigenvalue weighted by molar-refractivity contribution is 0.384. The zero-order valence-corrected chi connectivity index (χ0v) is 13.2. The molecule has 1 aliphatic carbocycles. The number of H-pyrrole nitrogens is 1. The van der Waals surface area contributed by atoms with E-state index in [1.54, 1.807) is 7.11 Å². The van der Waals surface area contributed by atoms with Crippen LogP contribution < -0.4 is 15.2 Å². The molecule has 2 aromatic rings. The second-order valence-corrected chi connectivity index (χ2v) is 6.69. The minimum Gasteiger partial charge on any atom is -0.497 e. The average molecular weight is 309 g/mol. The molecule has 5 nitrogen and oxygen atoms in total. The Hall–Kier alpha value is -2.48. The summed E-state index contributed by atoms with van der Waals surface area (Å²) in [5, 5.41) is 10.4. The fourth-order valence-corrected chi connectivity index (χ4v) is 3.70. The zero-order valence-electron chi connectivity index (χ0n) is 13.2. The van der Waals surface area contributed by atoms with Crippen molar-refractivity contribution >= 4 is 16.6 Å². The third-order valence-electron chi connectivity index (χ3n) is 5.40. The number of methoxy groups -OCH3 is 1. The molecular weight excluding hydrogens is 290 g/mol. The lowest BCUT2D eigenvalue weighted by Gasteiger charge is -2.34. The number of pyridine rings is 1. The zero-order chi connectivity index (χ0) is 16.0. The van der Waals surface area contributed by atoms with E-state index < -0.39 is 0 Å². The topological polar surface area (TPSA) is 69.1 Å². The number of nitrogens with one attached hydrogen (secondary N) is 1. The van der Waals surface area contributed by atoms with Crippen molar-refractivity contribution < 1.29 is 4.74 Å². The molecule has 2 fully saturated rings. The van der Waals surface area contributed by atoms with Crippen LogP contribution in [0.4, 0.5) is 5.69 Å². The molecule has 1 aromatic carbocycles. The van der Waals surface area contributed by atoms with Crippen molar-refractivity contribution in [2.45, 2.75) is 25.7 Å². The standard InChI is InChI=1S/C18H19N3O2/c1-23-12-2-3-15-13(10-12)16(14(11-19)17(22)20-15)21-8-6-18(4-5-18)7-9-21/h2-3,10H,4-9H2,1H3,(H,20,22). The van der Waals surface area contributed by atoms with Gasteiger partial charge in [0, 0.05) is 18.5 Å². The fourth-order valence-electron chi connectivity index (χ4n) is 3.70. The van der Waals surface area contributed by atoms with Gasteiger partial charge in [0.25, 0.3) is 5.56 Å². The second-order valence-electron chi connectivity index (χ2n) is 6.69. The van der Waals surface area contributed by atoms with Crippen LogP contribution in [0.1, 0.15) is 31.2 Å². The van der Waals surface area contributed by atoms with E-state index in [0.29, 0.717) is 5.41 Å². The quantitative estimate of drug-likeness (QED) is 0.926. The van der Waals surface area contributed by atoms with Gasteiger partial charge < -0.3 is 14.6 Å². The molecule has 1 aliphatic heterocycles. The average Bonchev–Trinajstić information content (AvgIpc) is 3.33. The number of hydrogen-bond donors (Lipinski definition) is 1. The van der Waals surface area contributed by atoms with Gasteiger partial charge >= 0.3 is 0 Å². The Morgan fingerprint density at radius 3 is 2.61 bits per heavy atom. The molecule has 0 radical (unpaired) electrons. The predicted molar refractivity (Wildman–Crippen MR) is 88.9 cm³/mol. The SMILES string of the molecule is COc1ccc2[nH]c(=O)c(C#N)c(N3CCC4(CC3)CC4)c2c1. The molecular formula is C18H19N3O2. The van der Waals surface area contributed by atoms with E-state index >= 15 is 0 Å². The Morgan fingerprint density at radius 2 is 2.00 bits per heavy atom. The number of aromatic amines is 1. The van der Waals surface area contributed by atoms with Crippen LogP contribution in [-0.4, -0.2) is 25.2 Å². The largest absolute Gasteiger partial charge is 0.497 e. The Bertz CT molecular complexity index is 864. The molecule has 23 heavy (non-hydrogen) atoms.